The highest BCUT2D eigenvalue weighted by atomic mass is 35.5. The van der Waals surface area contributed by atoms with E-state index in [-0.39, 0.29) is 5.28 Å². The molecule has 0 aliphatic heterocycles. The summed E-state index contributed by atoms with van der Waals surface area (Å²) in [6.07, 6.45) is 0. The van der Waals surface area contributed by atoms with Crippen LogP contribution in [0.2, 0.25) is 5.28 Å². The number of rotatable bonds is 5. The number of thiocarbonyl (C=S) groups is 1. The lowest BCUT2D eigenvalue weighted by atomic mass is 10.1. The summed E-state index contributed by atoms with van der Waals surface area (Å²) in [5.41, 5.74) is 5.01. The highest BCUT2D eigenvalue weighted by Gasteiger charge is 2.22. The average Bonchev–Trinajstić information content (AvgIpc) is 2.15. The van der Waals surface area contributed by atoms with E-state index in [1.165, 1.54) is 0 Å². The summed E-state index contributed by atoms with van der Waals surface area (Å²) in [6.45, 7) is 6.29. The van der Waals surface area contributed by atoms with Crippen LogP contribution in [-0.2, 0) is 0 Å². The van der Waals surface area contributed by atoms with E-state index < -0.39 is 5.54 Å². The predicted molar refractivity (Wildman–Crippen MR) is 73.5 cm³/mol. The molecule has 94 valence electrons. The lowest BCUT2D eigenvalue weighted by Gasteiger charge is -2.24. The number of hydrogen-bond donors (Lipinski definition) is 3. The van der Waals surface area contributed by atoms with Gasteiger partial charge in [-0.25, -0.2) is 0 Å². The van der Waals surface area contributed by atoms with E-state index in [1.807, 2.05) is 20.8 Å². The summed E-state index contributed by atoms with van der Waals surface area (Å²) < 4.78 is 0. The Hall–Kier alpha value is -1.21. The molecule has 0 amide bonds. The highest BCUT2D eigenvalue weighted by molar-refractivity contribution is 7.80. The fourth-order valence-corrected chi connectivity index (χ4v) is 1.20. The molecule has 0 spiro atoms. The molecule has 1 aromatic rings. The maximum Gasteiger partial charge on any atom is 0.229 e. The van der Waals surface area contributed by atoms with E-state index >= 15 is 0 Å². The summed E-state index contributed by atoms with van der Waals surface area (Å²) in [5.74, 6) is 0.743. The number of halogens is 1. The molecule has 0 aliphatic carbocycles. The van der Waals surface area contributed by atoms with Gasteiger partial charge in [0.1, 0.15) is 0 Å². The molecule has 0 aliphatic rings. The fraction of sp³-hybridized carbons (Fsp3) is 0.556. The Morgan fingerprint density at radius 1 is 1.35 bits per heavy atom. The van der Waals surface area contributed by atoms with Crippen LogP contribution in [0, 0.1) is 0 Å². The minimum absolute atomic E-state index is 0.109. The van der Waals surface area contributed by atoms with Crippen molar-refractivity contribution in [3.63, 3.8) is 0 Å². The van der Waals surface area contributed by atoms with Gasteiger partial charge in [0.2, 0.25) is 17.2 Å². The van der Waals surface area contributed by atoms with Crippen molar-refractivity contribution in [2.45, 2.75) is 26.3 Å². The number of anilines is 2. The third kappa shape index (κ3) is 3.94. The Balaban J connectivity index is 2.95. The second kappa shape index (κ2) is 5.42. The van der Waals surface area contributed by atoms with Crippen molar-refractivity contribution in [3.05, 3.63) is 5.28 Å². The summed E-state index contributed by atoms with van der Waals surface area (Å²) in [7, 11) is 0. The van der Waals surface area contributed by atoms with Crippen LogP contribution < -0.4 is 16.4 Å². The van der Waals surface area contributed by atoms with Gasteiger partial charge >= 0.3 is 0 Å². The molecule has 6 nitrogen and oxygen atoms in total. The predicted octanol–water partition coefficient (Wildman–Crippen LogP) is 1.43. The average molecular weight is 275 g/mol. The highest BCUT2D eigenvalue weighted by Crippen LogP contribution is 2.14. The molecule has 0 radical (unpaired) electrons. The van der Waals surface area contributed by atoms with E-state index in [2.05, 4.69) is 25.6 Å². The first-order valence-electron chi connectivity index (χ1n) is 5.08. The van der Waals surface area contributed by atoms with E-state index in [9.17, 15) is 0 Å². The van der Waals surface area contributed by atoms with Gasteiger partial charge in [-0.05, 0) is 32.4 Å². The second-order valence-electron chi connectivity index (χ2n) is 3.90. The Labute approximate surface area is 110 Å². The number of aromatic nitrogens is 3. The van der Waals surface area contributed by atoms with Crippen LogP contribution in [0.1, 0.15) is 20.8 Å². The molecular formula is C9H15ClN6S. The maximum absolute atomic E-state index is 5.79. The molecule has 0 aromatic carbocycles. The molecule has 4 N–H and O–H groups in total. The fourth-order valence-electron chi connectivity index (χ4n) is 0.984. The van der Waals surface area contributed by atoms with Gasteiger partial charge in [-0.1, -0.05) is 12.2 Å². The molecule has 1 aromatic heterocycles. The lowest BCUT2D eigenvalue weighted by molar-refractivity contribution is 0.747. The second-order valence-corrected chi connectivity index (χ2v) is 4.67. The van der Waals surface area contributed by atoms with Gasteiger partial charge in [0.25, 0.3) is 0 Å². The van der Waals surface area contributed by atoms with Gasteiger partial charge < -0.3 is 16.4 Å². The minimum Gasteiger partial charge on any atom is -0.391 e. The smallest absolute Gasteiger partial charge is 0.229 e. The zero-order valence-electron chi connectivity index (χ0n) is 9.91. The molecule has 1 rings (SSSR count). The largest absolute Gasteiger partial charge is 0.391 e. The molecule has 0 bridgehead atoms. The van der Waals surface area contributed by atoms with Crippen molar-refractivity contribution in [3.8, 4) is 0 Å². The van der Waals surface area contributed by atoms with Gasteiger partial charge in [-0.15, -0.1) is 0 Å². The Kier molecular flexibility index (Phi) is 4.41. The molecule has 17 heavy (non-hydrogen) atoms. The van der Waals surface area contributed by atoms with Crippen molar-refractivity contribution in [2.24, 2.45) is 5.73 Å². The summed E-state index contributed by atoms with van der Waals surface area (Å²) >= 11 is 10.7. The van der Waals surface area contributed by atoms with E-state index in [1.54, 1.807) is 0 Å². The van der Waals surface area contributed by atoms with Crippen molar-refractivity contribution < 1.29 is 0 Å². The topological polar surface area (TPSA) is 88.8 Å². The van der Waals surface area contributed by atoms with Gasteiger partial charge in [0.15, 0.2) is 0 Å². The third-order valence-electron chi connectivity index (χ3n) is 1.98. The molecule has 0 saturated carbocycles. The molecule has 0 fully saturated rings. The summed E-state index contributed by atoms with van der Waals surface area (Å²) in [5, 5.41) is 6.07. The van der Waals surface area contributed by atoms with E-state index in [4.69, 9.17) is 29.6 Å². The monoisotopic (exact) mass is 274 g/mol. The molecule has 0 atom stereocenters. The van der Waals surface area contributed by atoms with Crippen LogP contribution in [-0.4, -0.2) is 32.0 Å². The third-order valence-corrected chi connectivity index (χ3v) is 2.66. The van der Waals surface area contributed by atoms with Crippen molar-refractivity contribution in [1.29, 1.82) is 0 Å². The van der Waals surface area contributed by atoms with E-state index in [0.29, 0.717) is 23.4 Å². The van der Waals surface area contributed by atoms with Crippen LogP contribution in [0.4, 0.5) is 11.9 Å². The van der Waals surface area contributed by atoms with Crippen LogP contribution in [0.15, 0.2) is 0 Å². The van der Waals surface area contributed by atoms with E-state index in [0.717, 1.165) is 0 Å². The van der Waals surface area contributed by atoms with Crippen molar-refractivity contribution >= 4 is 40.7 Å². The standard InChI is InChI=1S/C9H15ClN6S/c1-4-12-7-13-6(10)14-8(15-7)16-9(2,3)5(11)17/h4H2,1-3H3,(H2,11,17)(H2,12,13,14,15,16). The van der Waals surface area contributed by atoms with Gasteiger partial charge in [-0.2, -0.15) is 15.0 Å². The van der Waals surface area contributed by atoms with Gasteiger partial charge in [0.05, 0.1) is 10.5 Å². The summed E-state index contributed by atoms with van der Waals surface area (Å²) in [4.78, 5) is 12.4. The quantitative estimate of drug-likeness (QED) is 0.700. The Morgan fingerprint density at radius 2 is 1.94 bits per heavy atom. The molecule has 0 saturated heterocycles. The number of nitrogens with two attached hydrogens (primary N) is 1. The first-order valence-corrected chi connectivity index (χ1v) is 5.87. The van der Waals surface area contributed by atoms with Crippen molar-refractivity contribution in [1.82, 2.24) is 15.0 Å². The molecule has 1 heterocycles. The Bertz CT molecular complexity index is 422. The van der Waals surface area contributed by atoms with Crippen LogP contribution in [0.5, 0.6) is 0 Å². The SMILES string of the molecule is CCNc1nc(Cl)nc(NC(C)(C)C(N)=S)n1. The maximum atomic E-state index is 5.79. The summed E-state index contributed by atoms with van der Waals surface area (Å²) in [6, 6.07) is 0. The number of nitrogens with zero attached hydrogens (tertiary/aromatic N) is 3. The number of nitrogens with one attached hydrogen (secondary N) is 2. The van der Waals surface area contributed by atoms with Crippen LogP contribution >= 0.6 is 23.8 Å². The number of hydrogen-bond acceptors (Lipinski definition) is 6. The first-order chi connectivity index (χ1) is 7.85. The van der Waals surface area contributed by atoms with Gasteiger partial charge in [0, 0.05) is 6.54 Å². The molecular weight excluding hydrogens is 260 g/mol. The normalized spacial score (nSPS) is 11.1. The van der Waals surface area contributed by atoms with Crippen LogP contribution in [0.25, 0.3) is 0 Å². The first kappa shape index (κ1) is 13.9. The van der Waals surface area contributed by atoms with Crippen molar-refractivity contribution in [2.75, 3.05) is 17.2 Å². The van der Waals surface area contributed by atoms with Crippen LogP contribution in [0.3, 0.4) is 0 Å². The molecule has 8 heteroatoms. The zero-order chi connectivity index (χ0) is 13.1. The Morgan fingerprint density at radius 3 is 2.47 bits per heavy atom. The minimum atomic E-state index is -0.594. The zero-order valence-corrected chi connectivity index (χ0v) is 11.5. The lowest BCUT2D eigenvalue weighted by Crippen LogP contribution is -2.44. The van der Waals surface area contributed by atoms with Gasteiger partial charge in [-0.3, -0.25) is 0 Å². The molecule has 0 unspecified atom stereocenters.